The second-order valence-electron chi connectivity index (χ2n) is 7.47. The van der Waals surface area contributed by atoms with Crippen LogP contribution in [0.3, 0.4) is 0 Å². The minimum Gasteiger partial charge on any atom is -0.292 e. The number of benzene rings is 3. The number of Topliss-reactive ketones (excluding diaryl/α,β-unsaturated/α-hetero) is 1. The first-order chi connectivity index (χ1) is 15.0. The predicted octanol–water partition coefficient (Wildman–Crippen LogP) is 6.51. The maximum Gasteiger partial charge on any atom is 0.312 e. The Labute approximate surface area is 195 Å². The summed E-state index contributed by atoms with van der Waals surface area (Å²) in [6, 6.07) is 19.8. The minimum atomic E-state index is -4.37. The SMILES string of the molecule is C[C@@H](c1ccccc1)C(F)(F)C(=O)CS(=O)(=O)C(c1ccc(Cl)cc1)c1ccc(Cl)cc1. The van der Waals surface area contributed by atoms with Crippen LogP contribution in [0.25, 0.3) is 0 Å². The lowest BCUT2D eigenvalue weighted by Crippen LogP contribution is -2.39. The van der Waals surface area contributed by atoms with Crippen molar-refractivity contribution in [1.82, 2.24) is 0 Å². The lowest BCUT2D eigenvalue weighted by Gasteiger charge is -2.24. The average Bonchev–Trinajstić information content (AvgIpc) is 2.76. The molecule has 3 rings (SSSR count). The van der Waals surface area contributed by atoms with E-state index in [0.29, 0.717) is 21.2 Å². The molecular weight excluding hydrogens is 477 g/mol. The molecule has 3 nitrogen and oxygen atoms in total. The van der Waals surface area contributed by atoms with Crippen LogP contribution in [0.2, 0.25) is 10.0 Å². The first-order valence-corrected chi connectivity index (χ1v) is 12.2. The van der Waals surface area contributed by atoms with Crippen molar-refractivity contribution in [2.45, 2.75) is 24.0 Å². The van der Waals surface area contributed by atoms with Gasteiger partial charge in [-0.05, 0) is 41.0 Å². The maximum atomic E-state index is 15.0. The highest BCUT2D eigenvalue weighted by atomic mass is 35.5. The van der Waals surface area contributed by atoms with Gasteiger partial charge in [0, 0.05) is 10.0 Å². The second kappa shape index (κ2) is 9.69. The standard InChI is InChI=1S/C24H20Cl2F2O3S/c1-16(17-5-3-2-4-6-17)24(27,28)22(29)15-32(30,31)23(18-7-11-20(25)12-8-18)19-9-13-21(26)14-10-19/h2-14,16,23H,15H2,1H3/t16-/m0/s1. The van der Waals surface area contributed by atoms with Gasteiger partial charge in [-0.15, -0.1) is 0 Å². The van der Waals surface area contributed by atoms with Gasteiger partial charge < -0.3 is 0 Å². The number of ketones is 1. The predicted molar refractivity (Wildman–Crippen MR) is 123 cm³/mol. The Bertz CT molecular complexity index is 1130. The van der Waals surface area contributed by atoms with E-state index in [1.807, 2.05) is 0 Å². The molecule has 0 aromatic heterocycles. The molecule has 8 heteroatoms. The van der Waals surface area contributed by atoms with E-state index in [4.69, 9.17) is 23.2 Å². The molecular formula is C24H20Cl2F2O3S. The van der Waals surface area contributed by atoms with E-state index < -0.39 is 38.5 Å². The Hall–Kier alpha value is -2.28. The van der Waals surface area contributed by atoms with Crippen molar-refractivity contribution in [1.29, 1.82) is 0 Å². The molecule has 0 heterocycles. The topological polar surface area (TPSA) is 51.2 Å². The Kier molecular flexibility index (Phi) is 7.38. The molecule has 0 radical (unpaired) electrons. The van der Waals surface area contributed by atoms with Gasteiger partial charge in [-0.3, -0.25) is 4.79 Å². The molecule has 0 fully saturated rings. The fraction of sp³-hybridized carbons (Fsp3) is 0.208. The Morgan fingerprint density at radius 2 is 1.25 bits per heavy atom. The summed E-state index contributed by atoms with van der Waals surface area (Å²) in [5.74, 6) is -8.30. The van der Waals surface area contributed by atoms with Crippen LogP contribution in [0.15, 0.2) is 78.9 Å². The molecule has 0 saturated carbocycles. The molecule has 0 bridgehead atoms. The third kappa shape index (κ3) is 5.37. The van der Waals surface area contributed by atoms with Crippen molar-refractivity contribution in [2.24, 2.45) is 0 Å². The van der Waals surface area contributed by atoms with Crippen LogP contribution >= 0.6 is 23.2 Å². The van der Waals surface area contributed by atoms with Crippen molar-refractivity contribution in [3.05, 3.63) is 106 Å². The normalized spacial score (nSPS) is 13.2. The number of hydrogen-bond acceptors (Lipinski definition) is 3. The first kappa shape index (κ1) is 24.4. The van der Waals surface area contributed by atoms with E-state index in [2.05, 4.69) is 0 Å². The summed E-state index contributed by atoms with van der Waals surface area (Å²) in [6.45, 7) is 1.20. The quantitative estimate of drug-likeness (QED) is 0.357. The van der Waals surface area contributed by atoms with Crippen LogP contribution in [-0.2, 0) is 14.6 Å². The number of rotatable bonds is 8. The number of carbonyl (C=O) groups excluding carboxylic acids is 1. The van der Waals surface area contributed by atoms with Crippen molar-refractivity contribution >= 4 is 38.8 Å². The number of hydrogen-bond donors (Lipinski definition) is 0. The van der Waals surface area contributed by atoms with Crippen LogP contribution in [0.4, 0.5) is 8.78 Å². The Balaban J connectivity index is 1.96. The fourth-order valence-electron chi connectivity index (χ4n) is 3.44. The maximum absolute atomic E-state index is 15.0. The summed E-state index contributed by atoms with van der Waals surface area (Å²) in [6.07, 6.45) is 0. The zero-order valence-corrected chi connectivity index (χ0v) is 19.3. The van der Waals surface area contributed by atoms with E-state index in [9.17, 15) is 22.0 Å². The zero-order valence-electron chi connectivity index (χ0n) is 17.0. The molecule has 1 atom stereocenters. The molecule has 0 N–H and O–H groups in total. The molecule has 3 aromatic carbocycles. The highest BCUT2D eigenvalue weighted by Gasteiger charge is 2.47. The first-order valence-electron chi connectivity index (χ1n) is 9.71. The van der Waals surface area contributed by atoms with E-state index in [-0.39, 0.29) is 5.56 Å². The Morgan fingerprint density at radius 1 is 0.812 bits per heavy atom. The van der Waals surface area contributed by atoms with E-state index in [1.54, 1.807) is 18.2 Å². The summed E-state index contributed by atoms with van der Waals surface area (Å²) in [5, 5.41) is -0.551. The molecule has 32 heavy (non-hydrogen) atoms. The average molecular weight is 497 g/mol. The van der Waals surface area contributed by atoms with Crippen LogP contribution in [0.1, 0.15) is 34.8 Å². The van der Waals surface area contributed by atoms with Crippen molar-refractivity contribution < 1.29 is 22.0 Å². The molecule has 0 saturated heterocycles. The van der Waals surface area contributed by atoms with Crippen LogP contribution < -0.4 is 0 Å². The molecule has 0 aliphatic rings. The van der Waals surface area contributed by atoms with Gasteiger partial charge in [0.2, 0.25) is 5.78 Å². The number of carbonyl (C=O) groups is 1. The molecule has 0 aliphatic carbocycles. The molecule has 0 spiro atoms. The van der Waals surface area contributed by atoms with Crippen molar-refractivity contribution in [3.8, 4) is 0 Å². The number of halogens is 4. The van der Waals surface area contributed by atoms with Crippen molar-refractivity contribution in [3.63, 3.8) is 0 Å². The Morgan fingerprint density at radius 3 is 1.69 bits per heavy atom. The van der Waals surface area contributed by atoms with Gasteiger partial charge in [0.15, 0.2) is 9.84 Å². The van der Waals surface area contributed by atoms with Gasteiger partial charge in [-0.1, -0.05) is 84.7 Å². The summed E-state index contributed by atoms with van der Waals surface area (Å²) in [4.78, 5) is 12.6. The number of alkyl halides is 2. The van der Waals surface area contributed by atoms with Crippen LogP contribution in [0, 0.1) is 0 Å². The summed E-state index contributed by atoms with van der Waals surface area (Å²) in [5.41, 5.74) is 0.864. The monoisotopic (exact) mass is 496 g/mol. The summed E-state index contributed by atoms with van der Waals surface area (Å²) < 4.78 is 56.5. The third-order valence-corrected chi connectivity index (χ3v) is 7.68. The molecule has 0 aliphatic heterocycles. The third-order valence-electron chi connectivity index (χ3n) is 5.25. The van der Waals surface area contributed by atoms with Crippen molar-refractivity contribution in [2.75, 3.05) is 5.75 Å². The highest BCUT2D eigenvalue weighted by molar-refractivity contribution is 7.92. The second-order valence-corrected chi connectivity index (χ2v) is 10.4. The van der Waals surface area contributed by atoms with Gasteiger partial charge in [-0.2, -0.15) is 8.78 Å². The van der Waals surface area contributed by atoms with Crippen LogP contribution in [-0.4, -0.2) is 25.9 Å². The van der Waals surface area contributed by atoms with Gasteiger partial charge in [-0.25, -0.2) is 8.42 Å². The van der Waals surface area contributed by atoms with E-state index in [1.165, 1.54) is 67.6 Å². The molecule has 168 valence electrons. The molecule has 0 unspecified atom stereocenters. The lowest BCUT2D eigenvalue weighted by molar-refractivity contribution is -0.143. The summed E-state index contributed by atoms with van der Waals surface area (Å²) in [7, 11) is -4.37. The molecule has 0 amide bonds. The molecule has 3 aromatic rings. The van der Waals surface area contributed by atoms with E-state index >= 15 is 0 Å². The van der Waals surface area contributed by atoms with Crippen LogP contribution in [0.5, 0.6) is 0 Å². The van der Waals surface area contributed by atoms with Gasteiger partial charge in [0.05, 0.1) is 5.92 Å². The minimum absolute atomic E-state index is 0.246. The van der Waals surface area contributed by atoms with Gasteiger partial charge >= 0.3 is 5.92 Å². The fourth-order valence-corrected chi connectivity index (χ4v) is 5.56. The lowest BCUT2D eigenvalue weighted by atomic mass is 9.92. The van der Waals surface area contributed by atoms with E-state index in [0.717, 1.165) is 0 Å². The van der Waals surface area contributed by atoms with Gasteiger partial charge in [0.1, 0.15) is 11.0 Å². The number of sulfone groups is 1. The largest absolute Gasteiger partial charge is 0.312 e. The highest BCUT2D eigenvalue weighted by Crippen LogP contribution is 2.37. The summed E-state index contributed by atoms with van der Waals surface area (Å²) >= 11 is 11.8. The smallest absolute Gasteiger partial charge is 0.292 e. The van der Waals surface area contributed by atoms with Gasteiger partial charge in [0.25, 0.3) is 0 Å². The zero-order chi connectivity index (χ0) is 23.5.